The molecule has 4 nitrogen and oxygen atoms in total. The van der Waals surface area contributed by atoms with Crippen molar-refractivity contribution >= 4 is 5.69 Å². The molecule has 1 aromatic heterocycles. The maximum Gasteiger partial charge on any atom is 0.226 e. The fraction of sp³-hybridized carbons (Fsp3) is 0.318. The van der Waals surface area contributed by atoms with Gasteiger partial charge in [0.05, 0.1) is 5.69 Å². The van der Waals surface area contributed by atoms with Crippen LogP contribution in [0.4, 0.5) is 5.69 Å². The van der Waals surface area contributed by atoms with Crippen LogP contribution in [0, 0.1) is 13.8 Å². The maximum absolute atomic E-state index is 5.65. The molecule has 0 bridgehead atoms. The van der Waals surface area contributed by atoms with E-state index in [4.69, 9.17) is 4.42 Å². The van der Waals surface area contributed by atoms with E-state index in [0.29, 0.717) is 12.4 Å². The Morgan fingerprint density at radius 3 is 2.69 bits per heavy atom. The monoisotopic (exact) mass is 349 g/mol. The van der Waals surface area contributed by atoms with Crippen molar-refractivity contribution in [2.24, 2.45) is 0 Å². The van der Waals surface area contributed by atoms with Crippen molar-refractivity contribution in [3.8, 4) is 11.5 Å². The van der Waals surface area contributed by atoms with Crippen LogP contribution >= 0.6 is 0 Å². The summed E-state index contributed by atoms with van der Waals surface area (Å²) in [6, 6.07) is 16.8. The molecule has 0 amide bonds. The zero-order valence-corrected chi connectivity index (χ0v) is 15.8. The van der Waals surface area contributed by atoms with E-state index in [-0.39, 0.29) is 0 Å². The lowest BCUT2D eigenvalue weighted by atomic mass is 10.1. The molecule has 0 saturated carbocycles. The van der Waals surface area contributed by atoms with Crippen molar-refractivity contribution in [2.45, 2.75) is 27.3 Å². The Morgan fingerprint density at radius 2 is 1.92 bits per heavy atom. The Hall–Kier alpha value is -2.59. The first-order chi connectivity index (χ1) is 12.7. The molecule has 0 spiro atoms. The second-order valence-electron chi connectivity index (χ2n) is 6.55. The number of aromatic nitrogens is 1. The van der Waals surface area contributed by atoms with E-state index in [1.54, 1.807) is 6.26 Å². The maximum atomic E-state index is 5.65. The molecule has 3 aromatic rings. The van der Waals surface area contributed by atoms with Crippen LogP contribution in [-0.4, -0.2) is 24.6 Å². The number of nitrogens with one attached hydrogen (secondary N) is 1. The molecule has 1 heterocycles. The van der Waals surface area contributed by atoms with E-state index < -0.39 is 0 Å². The summed E-state index contributed by atoms with van der Waals surface area (Å²) in [6.45, 7) is 9.95. The van der Waals surface area contributed by atoms with Gasteiger partial charge in [0.2, 0.25) is 5.89 Å². The molecule has 0 saturated heterocycles. The largest absolute Gasteiger partial charge is 0.444 e. The number of anilines is 1. The second-order valence-corrected chi connectivity index (χ2v) is 6.55. The molecule has 136 valence electrons. The lowest BCUT2D eigenvalue weighted by molar-refractivity contribution is 0.569. The average Bonchev–Trinajstić information content (AvgIpc) is 3.11. The van der Waals surface area contributed by atoms with Crippen molar-refractivity contribution < 1.29 is 4.42 Å². The van der Waals surface area contributed by atoms with Gasteiger partial charge >= 0.3 is 0 Å². The molecule has 0 aliphatic heterocycles. The van der Waals surface area contributed by atoms with Gasteiger partial charge in [0, 0.05) is 37.4 Å². The molecule has 0 atom stereocenters. The number of oxazole rings is 1. The SMILES string of the molecule is CCN(CCNCc1coc(-c2ccccc2C)n1)c1cccc(C)c1. The quantitative estimate of drug-likeness (QED) is 0.605. The fourth-order valence-electron chi connectivity index (χ4n) is 3.05. The van der Waals surface area contributed by atoms with Crippen LogP contribution in [-0.2, 0) is 6.54 Å². The first-order valence-electron chi connectivity index (χ1n) is 9.20. The van der Waals surface area contributed by atoms with Crippen LogP contribution in [0.1, 0.15) is 23.7 Å². The first-order valence-corrected chi connectivity index (χ1v) is 9.20. The summed E-state index contributed by atoms with van der Waals surface area (Å²) in [5, 5.41) is 3.47. The minimum absolute atomic E-state index is 0.690. The first kappa shape index (κ1) is 18.2. The molecule has 0 aliphatic carbocycles. The normalized spacial score (nSPS) is 10.9. The van der Waals surface area contributed by atoms with Crippen LogP contribution in [0.5, 0.6) is 0 Å². The van der Waals surface area contributed by atoms with Gasteiger partial charge in [-0.3, -0.25) is 0 Å². The van der Waals surface area contributed by atoms with Crippen LogP contribution in [0.15, 0.2) is 59.2 Å². The van der Waals surface area contributed by atoms with E-state index in [1.807, 2.05) is 18.2 Å². The molecule has 0 fully saturated rings. The number of likely N-dealkylation sites (N-methyl/N-ethyl adjacent to an activating group) is 1. The van der Waals surface area contributed by atoms with E-state index in [1.165, 1.54) is 16.8 Å². The van der Waals surface area contributed by atoms with Gasteiger partial charge in [-0.2, -0.15) is 0 Å². The highest BCUT2D eigenvalue weighted by molar-refractivity contribution is 5.58. The third-order valence-electron chi connectivity index (χ3n) is 4.54. The second kappa shape index (κ2) is 8.68. The number of benzene rings is 2. The summed E-state index contributed by atoms with van der Waals surface area (Å²) in [4.78, 5) is 6.98. The molecule has 4 heteroatoms. The summed E-state index contributed by atoms with van der Waals surface area (Å²) >= 11 is 0. The average molecular weight is 349 g/mol. The summed E-state index contributed by atoms with van der Waals surface area (Å²) < 4.78 is 5.65. The van der Waals surface area contributed by atoms with Crippen LogP contribution < -0.4 is 10.2 Å². The highest BCUT2D eigenvalue weighted by Crippen LogP contribution is 2.22. The van der Waals surface area contributed by atoms with E-state index in [2.05, 4.69) is 66.3 Å². The number of aryl methyl sites for hydroxylation is 2. The zero-order valence-electron chi connectivity index (χ0n) is 15.8. The molecule has 2 aromatic carbocycles. The third-order valence-corrected chi connectivity index (χ3v) is 4.54. The number of rotatable bonds is 8. The predicted molar refractivity (Wildman–Crippen MR) is 107 cm³/mol. The van der Waals surface area contributed by atoms with Gasteiger partial charge < -0.3 is 14.6 Å². The Kier molecular flexibility index (Phi) is 6.08. The minimum Gasteiger partial charge on any atom is -0.444 e. The van der Waals surface area contributed by atoms with Gasteiger partial charge in [-0.1, -0.05) is 30.3 Å². The van der Waals surface area contributed by atoms with Gasteiger partial charge in [-0.15, -0.1) is 0 Å². The Labute approximate surface area is 155 Å². The van der Waals surface area contributed by atoms with Gasteiger partial charge in [-0.25, -0.2) is 4.98 Å². The summed E-state index contributed by atoms with van der Waals surface area (Å²) in [6.07, 6.45) is 1.74. The smallest absolute Gasteiger partial charge is 0.226 e. The lowest BCUT2D eigenvalue weighted by Crippen LogP contribution is -2.31. The summed E-state index contributed by atoms with van der Waals surface area (Å²) in [5.41, 5.74) is 5.72. The van der Waals surface area contributed by atoms with Crippen molar-refractivity contribution in [3.05, 3.63) is 71.6 Å². The topological polar surface area (TPSA) is 41.3 Å². The van der Waals surface area contributed by atoms with Crippen LogP contribution in [0.3, 0.4) is 0 Å². The molecule has 0 unspecified atom stereocenters. The van der Waals surface area contributed by atoms with Crippen LogP contribution in [0.2, 0.25) is 0 Å². The van der Waals surface area contributed by atoms with Gasteiger partial charge in [0.1, 0.15) is 6.26 Å². The predicted octanol–water partition coefficient (Wildman–Crippen LogP) is 4.57. The Balaban J connectivity index is 1.52. The fourth-order valence-corrected chi connectivity index (χ4v) is 3.05. The van der Waals surface area contributed by atoms with E-state index in [0.717, 1.165) is 30.9 Å². The molecule has 0 aliphatic rings. The van der Waals surface area contributed by atoms with Crippen LogP contribution in [0.25, 0.3) is 11.5 Å². The molecule has 26 heavy (non-hydrogen) atoms. The van der Waals surface area contributed by atoms with Crippen molar-refractivity contribution in [2.75, 3.05) is 24.5 Å². The Morgan fingerprint density at radius 1 is 1.08 bits per heavy atom. The van der Waals surface area contributed by atoms with E-state index in [9.17, 15) is 0 Å². The minimum atomic E-state index is 0.690. The number of hydrogen-bond donors (Lipinski definition) is 1. The Bertz CT molecular complexity index is 841. The van der Waals surface area contributed by atoms with Gasteiger partial charge in [-0.05, 0) is 50.1 Å². The number of hydrogen-bond acceptors (Lipinski definition) is 4. The highest BCUT2D eigenvalue weighted by Gasteiger charge is 2.09. The molecule has 3 rings (SSSR count). The summed E-state index contributed by atoms with van der Waals surface area (Å²) in [7, 11) is 0. The standard InChI is InChI=1S/C22H27N3O/c1-4-25(20-10-7-8-17(2)14-20)13-12-23-15-19-16-26-22(24-19)21-11-6-5-9-18(21)3/h5-11,14,16,23H,4,12-13,15H2,1-3H3. The molecule has 1 N–H and O–H groups in total. The molecule has 0 radical (unpaired) electrons. The van der Waals surface area contributed by atoms with Gasteiger partial charge in [0.25, 0.3) is 0 Å². The van der Waals surface area contributed by atoms with Crippen molar-refractivity contribution in [1.29, 1.82) is 0 Å². The van der Waals surface area contributed by atoms with E-state index >= 15 is 0 Å². The molecular weight excluding hydrogens is 322 g/mol. The molecular formula is C22H27N3O. The highest BCUT2D eigenvalue weighted by atomic mass is 16.3. The van der Waals surface area contributed by atoms with Crippen molar-refractivity contribution in [3.63, 3.8) is 0 Å². The lowest BCUT2D eigenvalue weighted by Gasteiger charge is -2.23. The zero-order chi connectivity index (χ0) is 18.4. The van der Waals surface area contributed by atoms with Gasteiger partial charge in [0.15, 0.2) is 0 Å². The number of nitrogens with zero attached hydrogens (tertiary/aromatic N) is 2. The summed E-state index contributed by atoms with van der Waals surface area (Å²) in [5.74, 6) is 0.690. The third kappa shape index (κ3) is 4.52. The van der Waals surface area contributed by atoms with Crippen molar-refractivity contribution in [1.82, 2.24) is 10.3 Å².